The summed E-state index contributed by atoms with van der Waals surface area (Å²) in [6.07, 6.45) is 0. The highest BCUT2D eigenvalue weighted by Gasteiger charge is 2.13. The zero-order valence-corrected chi connectivity index (χ0v) is 12.7. The number of anilines is 2. The standard InChI is InChI=1S/C12H5Cl3FN3S/c13-7-3-5(16)4-8(14)9(7)17-10-6-1-2-20-11(6)19-12(15)18-10/h1-4H,(H,17,18,19). The Hall–Kier alpha value is -1.14. The summed E-state index contributed by atoms with van der Waals surface area (Å²) < 4.78 is 13.2. The molecule has 3 aromatic rings. The number of aromatic nitrogens is 2. The minimum absolute atomic E-state index is 0.108. The van der Waals surface area contributed by atoms with Crippen molar-refractivity contribution in [3.8, 4) is 0 Å². The van der Waals surface area contributed by atoms with Crippen LogP contribution in [0.25, 0.3) is 10.2 Å². The van der Waals surface area contributed by atoms with Crippen molar-refractivity contribution in [2.75, 3.05) is 5.32 Å². The van der Waals surface area contributed by atoms with Gasteiger partial charge in [-0.1, -0.05) is 23.2 Å². The molecule has 0 amide bonds. The molecule has 0 aliphatic rings. The van der Waals surface area contributed by atoms with Gasteiger partial charge in [-0.25, -0.2) is 9.37 Å². The number of halogens is 4. The van der Waals surface area contributed by atoms with Crippen LogP contribution in [0.5, 0.6) is 0 Å². The summed E-state index contributed by atoms with van der Waals surface area (Å²) >= 11 is 19.3. The second-order valence-corrected chi connectivity index (χ2v) is 5.90. The summed E-state index contributed by atoms with van der Waals surface area (Å²) in [5.41, 5.74) is 0.372. The molecule has 0 aliphatic heterocycles. The SMILES string of the molecule is Fc1cc(Cl)c(Nc2nc(Cl)nc3sccc23)c(Cl)c1. The normalized spacial score (nSPS) is 11.0. The number of rotatable bonds is 2. The van der Waals surface area contributed by atoms with Crippen molar-refractivity contribution in [2.45, 2.75) is 0 Å². The Bertz CT molecular complexity index is 783. The van der Waals surface area contributed by atoms with Crippen molar-refractivity contribution < 1.29 is 4.39 Å². The van der Waals surface area contributed by atoms with E-state index in [4.69, 9.17) is 34.8 Å². The van der Waals surface area contributed by atoms with Crippen LogP contribution in [0.1, 0.15) is 0 Å². The van der Waals surface area contributed by atoms with Crippen molar-refractivity contribution in [1.82, 2.24) is 9.97 Å². The molecule has 3 nitrogen and oxygen atoms in total. The van der Waals surface area contributed by atoms with Gasteiger partial charge in [0.25, 0.3) is 0 Å². The van der Waals surface area contributed by atoms with E-state index in [0.29, 0.717) is 11.5 Å². The van der Waals surface area contributed by atoms with Crippen LogP contribution in [0.2, 0.25) is 15.3 Å². The van der Waals surface area contributed by atoms with Crippen LogP contribution in [-0.2, 0) is 0 Å². The Morgan fingerprint density at radius 2 is 1.80 bits per heavy atom. The van der Waals surface area contributed by atoms with Crippen LogP contribution in [0.3, 0.4) is 0 Å². The molecule has 1 aromatic carbocycles. The molecule has 0 aliphatic carbocycles. The van der Waals surface area contributed by atoms with Gasteiger partial charge < -0.3 is 5.32 Å². The molecule has 1 N–H and O–H groups in total. The van der Waals surface area contributed by atoms with Crippen molar-refractivity contribution in [3.05, 3.63) is 44.7 Å². The Balaban J connectivity index is 2.12. The maximum absolute atomic E-state index is 13.2. The molecule has 2 aromatic heterocycles. The molecular formula is C12H5Cl3FN3S. The van der Waals surface area contributed by atoms with Gasteiger partial charge in [-0.2, -0.15) is 4.98 Å². The lowest BCUT2D eigenvalue weighted by Crippen LogP contribution is -1.98. The number of nitrogens with one attached hydrogen (secondary N) is 1. The van der Waals surface area contributed by atoms with Crippen LogP contribution in [0, 0.1) is 5.82 Å². The van der Waals surface area contributed by atoms with E-state index in [1.807, 2.05) is 11.4 Å². The van der Waals surface area contributed by atoms with E-state index >= 15 is 0 Å². The molecule has 8 heteroatoms. The minimum atomic E-state index is -0.507. The summed E-state index contributed by atoms with van der Waals surface area (Å²) in [6, 6.07) is 4.19. The van der Waals surface area contributed by atoms with E-state index in [2.05, 4.69) is 15.3 Å². The fourth-order valence-corrected chi connectivity index (χ4v) is 3.24. The molecule has 0 unspecified atom stereocenters. The van der Waals surface area contributed by atoms with Gasteiger partial charge in [0.1, 0.15) is 16.5 Å². The third-order valence-corrected chi connectivity index (χ3v) is 4.12. The van der Waals surface area contributed by atoms with Gasteiger partial charge in [-0.3, -0.25) is 0 Å². The van der Waals surface area contributed by atoms with Gasteiger partial charge in [-0.15, -0.1) is 11.3 Å². The van der Waals surface area contributed by atoms with Crippen LogP contribution < -0.4 is 5.32 Å². The Morgan fingerprint density at radius 3 is 2.50 bits per heavy atom. The van der Waals surface area contributed by atoms with Crippen LogP contribution in [0.4, 0.5) is 15.9 Å². The monoisotopic (exact) mass is 347 g/mol. The van der Waals surface area contributed by atoms with Crippen molar-refractivity contribution in [3.63, 3.8) is 0 Å². The third-order valence-electron chi connectivity index (χ3n) is 2.55. The summed E-state index contributed by atoms with van der Waals surface area (Å²) in [4.78, 5) is 8.95. The quantitative estimate of drug-likeness (QED) is 0.618. The number of hydrogen-bond acceptors (Lipinski definition) is 4. The highest BCUT2D eigenvalue weighted by Crippen LogP contribution is 2.36. The van der Waals surface area contributed by atoms with Crippen molar-refractivity contribution in [2.24, 2.45) is 0 Å². The van der Waals surface area contributed by atoms with E-state index in [-0.39, 0.29) is 15.3 Å². The first-order valence-corrected chi connectivity index (χ1v) is 7.38. The molecule has 0 fully saturated rings. The van der Waals surface area contributed by atoms with Crippen LogP contribution in [0.15, 0.2) is 23.6 Å². The zero-order valence-electron chi connectivity index (χ0n) is 9.62. The van der Waals surface area contributed by atoms with Gasteiger partial charge in [0, 0.05) is 0 Å². The fraction of sp³-hybridized carbons (Fsp3) is 0. The van der Waals surface area contributed by atoms with Crippen molar-refractivity contribution >= 4 is 67.9 Å². The molecule has 0 saturated carbocycles. The number of nitrogens with zero attached hydrogens (tertiary/aromatic N) is 2. The predicted octanol–water partition coefficient (Wildman–Crippen LogP) is 5.53. The average Bonchev–Trinajstić information content (AvgIpc) is 2.81. The molecule has 102 valence electrons. The average molecular weight is 349 g/mol. The highest BCUT2D eigenvalue weighted by atomic mass is 35.5. The maximum atomic E-state index is 13.2. The minimum Gasteiger partial charge on any atom is -0.337 e. The van der Waals surface area contributed by atoms with E-state index in [1.54, 1.807) is 0 Å². The maximum Gasteiger partial charge on any atom is 0.225 e. The topological polar surface area (TPSA) is 37.8 Å². The molecule has 20 heavy (non-hydrogen) atoms. The van der Waals surface area contributed by atoms with Gasteiger partial charge >= 0.3 is 0 Å². The first-order valence-electron chi connectivity index (χ1n) is 5.37. The second-order valence-electron chi connectivity index (χ2n) is 3.85. The number of benzene rings is 1. The van der Waals surface area contributed by atoms with Gasteiger partial charge in [0.05, 0.1) is 21.1 Å². The summed E-state index contributed by atoms with van der Waals surface area (Å²) in [7, 11) is 0. The zero-order chi connectivity index (χ0) is 14.3. The Morgan fingerprint density at radius 1 is 1.10 bits per heavy atom. The van der Waals surface area contributed by atoms with Gasteiger partial charge in [-0.05, 0) is 35.2 Å². The summed E-state index contributed by atoms with van der Waals surface area (Å²) in [5.74, 6) is -0.0383. The molecule has 2 heterocycles. The molecule has 0 spiro atoms. The highest BCUT2D eigenvalue weighted by molar-refractivity contribution is 7.16. The summed E-state index contributed by atoms with van der Waals surface area (Å²) in [5, 5.41) is 6.06. The Labute approximate surface area is 132 Å². The number of fused-ring (bicyclic) bond motifs is 1. The van der Waals surface area contributed by atoms with Crippen LogP contribution >= 0.6 is 46.1 Å². The first-order chi connectivity index (χ1) is 9.54. The molecule has 0 bridgehead atoms. The van der Waals surface area contributed by atoms with E-state index < -0.39 is 5.82 Å². The lowest BCUT2D eigenvalue weighted by atomic mass is 10.3. The van der Waals surface area contributed by atoms with Crippen molar-refractivity contribution in [1.29, 1.82) is 0 Å². The van der Waals surface area contributed by atoms with E-state index in [9.17, 15) is 4.39 Å². The number of hydrogen-bond donors (Lipinski definition) is 1. The van der Waals surface area contributed by atoms with Gasteiger partial charge in [0.2, 0.25) is 5.28 Å². The molecule has 0 radical (unpaired) electrons. The first kappa shape index (κ1) is 13.8. The van der Waals surface area contributed by atoms with Gasteiger partial charge in [0.15, 0.2) is 0 Å². The molecule has 0 saturated heterocycles. The lowest BCUT2D eigenvalue weighted by Gasteiger charge is -2.11. The Kier molecular flexibility index (Phi) is 3.69. The smallest absolute Gasteiger partial charge is 0.225 e. The molecule has 0 atom stereocenters. The molecule has 3 rings (SSSR count). The van der Waals surface area contributed by atoms with E-state index in [1.165, 1.54) is 23.5 Å². The fourth-order valence-electron chi connectivity index (χ4n) is 1.70. The van der Waals surface area contributed by atoms with Crippen LogP contribution in [-0.4, -0.2) is 9.97 Å². The molecular weight excluding hydrogens is 344 g/mol. The predicted molar refractivity (Wildman–Crippen MR) is 82.1 cm³/mol. The number of thiophene rings is 1. The van der Waals surface area contributed by atoms with E-state index in [0.717, 1.165) is 10.2 Å². The third kappa shape index (κ3) is 2.54. The second kappa shape index (κ2) is 5.33. The largest absolute Gasteiger partial charge is 0.337 e. The lowest BCUT2D eigenvalue weighted by molar-refractivity contribution is 0.628. The summed E-state index contributed by atoms with van der Waals surface area (Å²) in [6.45, 7) is 0.